The van der Waals surface area contributed by atoms with Crippen LogP contribution in [0.25, 0.3) is 0 Å². The number of aliphatic hydroxyl groups excluding tert-OH is 1. The Hall–Kier alpha value is -1.04. The summed E-state index contributed by atoms with van der Waals surface area (Å²) < 4.78 is 0. The normalized spacial score (nSPS) is 10.6. The highest BCUT2D eigenvalue weighted by atomic mass is 35.5. The largest absolute Gasteiger partial charge is 0.370 e. The number of amides is 2. The van der Waals surface area contributed by atoms with Crippen molar-refractivity contribution in [3.63, 3.8) is 0 Å². The molecular weight excluding hydrogens is 481 g/mol. The van der Waals surface area contributed by atoms with E-state index in [1.165, 1.54) is 0 Å². The van der Waals surface area contributed by atoms with Gasteiger partial charge in [0.1, 0.15) is 0 Å². The standard InChI is InChI=1S/C19H41N7O3.3ClH/c20-11-9-13-23-12-7-8-14-24-17(28)18(29)26-16(27)10-5-3-1-2-4-6-15-25-19(21)22;;;/h18,23,29H,1-15,20H2,(H,24,28)(H,26,27)(H4,21,22,25);3*1H. The van der Waals surface area contributed by atoms with Crippen LogP contribution >= 0.6 is 37.2 Å². The van der Waals surface area contributed by atoms with Crippen LogP contribution in [0.3, 0.4) is 0 Å². The highest BCUT2D eigenvalue weighted by Crippen LogP contribution is 2.07. The summed E-state index contributed by atoms with van der Waals surface area (Å²) in [4.78, 5) is 27.5. The monoisotopic (exact) mass is 523 g/mol. The molecule has 194 valence electrons. The number of carbonyl (C=O) groups is 2. The van der Waals surface area contributed by atoms with Crippen molar-refractivity contribution in [2.45, 2.75) is 70.4 Å². The zero-order valence-corrected chi connectivity index (χ0v) is 21.3. The van der Waals surface area contributed by atoms with Crippen molar-refractivity contribution in [1.29, 1.82) is 0 Å². The van der Waals surface area contributed by atoms with E-state index < -0.39 is 12.1 Å². The number of nitrogens with one attached hydrogen (secondary N) is 3. The number of aliphatic hydroxyl groups is 1. The first-order valence-corrected chi connectivity index (χ1v) is 10.7. The SMILES string of the molecule is Cl.Cl.Cl.NCCCNCCCCNC(=O)C(O)NC(=O)CCCCCCCCN=C(N)N. The van der Waals surface area contributed by atoms with Gasteiger partial charge in [-0.25, -0.2) is 0 Å². The summed E-state index contributed by atoms with van der Waals surface area (Å²) in [6.45, 7) is 3.55. The minimum atomic E-state index is -1.50. The second kappa shape index (κ2) is 28.0. The van der Waals surface area contributed by atoms with Gasteiger partial charge >= 0.3 is 0 Å². The quantitative estimate of drug-likeness (QED) is 0.0556. The van der Waals surface area contributed by atoms with Gasteiger partial charge in [-0.15, -0.1) is 37.2 Å². The van der Waals surface area contributed by atoms with Crippen LogP contribution in [-0.2, 0) is 9.59 Å². The number of hydrogen-bond acceptors (Lipinski definition) is 6. The smallest absolute Gasteiger partial charge is 0.269 e. The molecule has 13 heteroatoms. The fourth-order valence-corrected chi connectivity index (χ4v) is 2.64. The van der Waals surface area contributed by atoms with Gasteiger partial charge in [-0.2, -0.15) is 0 Å². The van der Waals surface area contributed by atoms with Gasteiger partial charge in [0, 0.05) is 19.5 Å². The van der Waals surface area contributed by atoms with Crippen molar-refractivity contribution < 1.29 is 14.7 Å². The van der Waals surface area contributed by atoms with Crippen molar-refractivity contribution in [3.05, 3.63) is 0 Å². The Morgan fingerprint density at radius 2 is 1.38 bits per heavy atom. The summed E-state index contributed by atoms with van der Waals surface area (Å²) >= 11 is 0. The van der Waals surface area contributed by atoms with Gasteiger partial charge in [-0.3, -0.25) is 14.6 Å². The molecule has 0 bridgehead atoms. The number of nitrogens with two attached hydrogens (primary N) is 3. The van der Waals surface area contributed by atoms with E-state index in [0.29, 0.717) is 26.1 Å². The topological polar surface area (TPSA) is 181 Å². The molecule has 0 aliphatic carbocycles. The molecule has 0 spiro atoms. The molecule has 2 amide bonds. The molecule has 0 radical (unpaired) electrons. The minimum Gasteiger partial charge on any atom is -0.370 e. The third-order valence-electron chi connectivity index (χ3n) is 4.29. The number of rotatable bonds is 19. The number of unbranched alkanes of at least 4 members (excludes halogenated alkanes) is 6. The summed E-state index contributed by atoms with van der Waals surface area (Å²) in [5.74, 6) is -0.766. The van der Waals surface area contributed by atoms with Crippen molar-refractivity contribution in [3.8, 4) is 0 Å². The lowest BCUT2D eigenvalue weighted by Crippen LogP contribution is -2.46. The van der Waals surface area contributed by atoms with Crippen molar-refractivity contribution in [1.82, 2.24) is 16.0 Å². The second-order valence-corrected chi connectivity index (χ2v) is 7.04. The van der Waals surface area contributed by atoms with Gasteiger partial charge in [-0.05, 0) is 51.7 Å². The van der Waals surface area contributed by atoms with Gasteiger partial charge in [-0.1, -0.05) is 25.7 Å². The Morgan fingerprint density at radius 3 is 2.00 bits per heavy atom. The molecule has 0 heterocycles. The molecule has 0 saturated carbocycles. The first kappa shape index (κ1) is 38.2. The zero-order chi connectivity index (χ0) is 21.7. The summed E-state index contributed by atoms with van der Waals surface area (Å²) in [7, 11) is 0. The van der Waals surface area contributed by atoms with E-state index in [4.69, 9.17) is 17.2 Å². The number of hydrogen-bond donors (Lipinski definition) is 7. The Morgan fingerprint density at radius 1 is 0.812 bits per heavy atom. The molecule has 0 fully saturated rings. The Labute approximate surface area is 210 Å². The van der Waals surface area contributed by atoms with Gasteiger partial charge < -0.3 is 38.3 Å². The highest BCUT2D eigenvalue weighted by molar-refractivity contribution is 5.86. The third kappa shape index (κ3) is 27.0. The molecule has 0 aliphatic heterocycles. The molecule has 1 unspecified atom stereocenters. The predicted molar refractivity (Wildman–Crippen MR) is 138 cm³/mol. The molecule has 0 aromatic carbocycles. The van der Waals surface area contributed by atoms with Crippen molar-refractivity contribution in [2.24, 2.45) is 22.2 Å². The van der Waals surface area contributed by atoms with Crippen LogP contribution in [-0.4, -0.2) is 61.8 Å². The van der Waals surface area contributed by atoms with Gasteiger partial charge in [0.05, 0.1) is 0 Å². The lowest BCUT2D eigenvalue weighted by atomic mass is 10.1. The molecule has 10 nitrogen and oxygen atoms in total. The van der Waals surface area contributed by atoms with Gasteiger partial charge in [0.25, 0.3) is 5.91 Å². The predicted octanol–water partition coefficient (Wildman–Crippen LogP) is 0.525. The summed E-state index contributed by atoms with van der Waals surface area (Å²) in [6, 6.07) is 0. The molecule has 0 aromatic rings. The van der Waals surface area contributed by atoms with E-state index in [-0.39, 0.29) is 49.1 Å². The second-order valence-electron chi connectivity index (χ2n) is 7.04. The Balaban J connectivity index is -0.00000131. The first-order chi connectivity index (χ1) is 14.0. The Bertz CT molecular complexity index is 471. The molecule has 10 N–H and O–H groups in total. The van der Waals surface area contributed by atoms with Crippen LogP contribution in [0, 0.1) is 0 Å². The maximum absolute atomic E-state index is 11.8. The third-order valence-corrected chi connectivity index (χ3v) is 4.29. The average Bonchev–Trinajstić information content (AvgIpc) is 2.68. The lowest BCUT2D eigenvalue weighted by molar-refractivity contribution is -0.136. The molecular formula is C19H44Cl3N7O3. The van der Waals surface area contributed by atoms with E-state index in [2.05, 4.69) is 20.9 Å². The highest BCUT2D eigenvalue weighted by Gasteiger charge is 2.16. The molecule has 0 saturated heterocycles. The van der Waals surface area contributed by atoms with Crippen LogP contribution < -0.4 is 33.2 Å². The number of nitrogens with zero attached hydrogens (tertiary/aromatic N) is 1. The van der Waals surface area contributed by atoms with Crippen LogP contribution in [0.2, 0.25) is 0 Å². The molecule has 0 aromatic heterocycles. The van der Waals surface area contributed by atoms with E-state index in [0.717, 1.165) is 70.9 Å². The maximum atomic E-state index is 11.8. The van der Waals surface area contributed by atoms with Crippen LogP contribution in [0.15, 0.2) is 4.99 Å². The summed E-state index contributed by atoms with van der Waals surface area (Å²) in [6.07, 6.45) is 7.21. The molecule has 1 atom stereocenters. The van der Waals surface area contributed by atoms with E-state index >= 15 is 0 Å². The Kier molecular flexibility index (Phi) is 33.4. The minimum absolute atomic E-state index is 0. The number of carbonyl (C=O) groups excluding carboxylic acids is 2. The summed E-state index contributed by atoms with van der Waals surface area (Å²) in [5.41, 5.74) is 15.9. The number of guanidine groups is 1. The van der Waals surface area contributed by atoms with Gasteiger partial charge in [0.15, 0.2) is 5.96 Å². The van der Waals surface area contributed by atoms with Crippen LogP contribution in [0.5, 0.6) is 0 Å². The molecule has 32 heavy (non-hydrogen) atoms. The number of halogens is 3. The zero-order valence-electron chi connectivity index (χ0n) is 18.9. The van der Waals surface area contributed by atoms with Crippen LogP contribution in [0.1, 0.15) is 64.2 Å². The van der Waals surface area contributed by atoms with E-state index in [9.17, 15) is 14.7 Å². The maximum Gasteiger partial charge on any atom is 0.269 e. The van der Waals surface area contributed by atoms with E-state index in [1.54, 1.807) is 0 Å². The van der Waals surface area contributed by atoms with Crippen molar-refractivity contribution >= 4 is 55.0 Å². The molecule has 0 rings (SSSR count). The van der Waals surface area contributed by atoms with Gasteiger partial charge in [0.2, 0.25) is 12.1 Å². The molecule has 0 aliphatic rings. The van der Waals surface area contributed by atoms with E-state index in [1.807, 2.05) is 0 Å². The van der Waals surface area contributed by atoms with Crippen LogP contribution in [0.4, 0.5) is 0 Å². The summed E-state index contributed by atoms with van der Waals surface area (Å²) in [5, 5.41) is 18.0. The fourth-order valence-electron chi connectivity index (χ4n) is 2.64. The first-order valence-electron chi connectivity index (χ1n) is 10.7. The fraction of sp³-hybridized carbons (Fsp3) is 0.842. The average molecular weight is 525 g/mol. The lowest BCUT2D eigenvalue weighted by Gasteiger charge is -2.13. The number of aliphatic imine (C=N–C) groups is 1. The van der Waals surface area contributed by atoms with Crippen molar-refractivity contribution in [2.75, 3.05) is 32.7 Å².